The average molecular weight is 780 g/mol. The summed E-state index contributed by atoms with van der Waals surface area (Å²) in [6.07, 6.45) is 1.84. The molecule has 5 aromatic carbocycles. The zero-order chi connectivity index (χ0) is 31.5. The summed E-state index contributed by atoms with van der Waals surface area (Å²) in [6.45, 7) is 8.69. The van der Waals surface area contributed by atoms with Gasteiger partial charge in [0.2, 0.25) is 0 Å². The maximum absolute atomic E-state index is 6.65. The number of nitrogens with zero attached hydrogens (tertiary/aromatic N) is 4. The van der Waals surface area contributed by atoms with Crippen LogP contribution in [0.2, 0.25) is 0 Å². The molecule has 0 bridgehead atoms. The fourth-order valence-corrected chi connectivity index (χ4v) is 7.99. The van der Waals surface area contributed by atoms with Crippen molar-refractivity contribution in [1.29, 1.82) is 0 Å². The van der Waals surface area contributed by atoms with Crippen LogP contribution in [-0.2, 0) is 19.4 Å². The monoisotopic (exact) mass is 779 g/mol. The number of imidazole rings is 1. The molecule has 0 amide bonds. The second-order valence-electron chi connectivity index (χ2n) is 12.0. The molecule has 0 fully saturated rings. The van der Waals surface area contributed by atoms with E-state index >= 15 is 0 Å². The zero-order valence-corrected chi connectivity index (χ0v) is 28.3. The molecule has 8 rings (SSSR count). The molecule has 46 heavy (non-hydrogen) atoms. The van der Waals surface area contributed by atoms with E-state index in [2.05, 4.69) is 163 Å². The standard InChI is InChI=1S/C40H32N4O.Pt/c1-26-19-28(3)40(29(4)20-26)43-25-42(36-13-7-8-14-37(36)43)30-21-27(2)22-32(23-30)45-31-16-17-34-33-11-5-6-12-35(33)44(38(34)24-31)39-15-9-10-18-41-39;/h5-24H,1-4H3;. The molecular formula is C40H32N4OPt. The van der Waals surface area contributed by atoms with Gasteiger partial charge in [-0.3, -0.25) is 0 Å². The molecule has 5 nitrogen and oxygen atoms in total. The topological polar surface area (TPSA) is 36.9 Å². The van der Waals surface area contributed by atoms with Gasteiger partial charge in [-0.15, -0.1) is 0 Å². The fraction of sp³-hybridized carbons (Fsp3) is 0.100. The van der Waals surface area contributed by atoms with Crippen molar-refractivity contribution in [3.63, 3.8) is 0 Å². The van der Waals surface area contributed by atoms with Crippen molar-refractivity contribution in [2.75, 3.05) is 0 Å². The summed E-state index contributed by atoms with van der Waals surface area (Å²) in [4.78, 5) is 4.68. The molecular weight excluding hydrogens is 748 g/mol. The van der Waals surface area contributed by atoms with Crippen molar-refractivity contribution in [3.8, 4) is 28.7 Å². The van der Waals surface area contributed by atoms with Crippen molar-refractivity contribution in [2.24, 2.45) is 0 Å². The van der Waals surface area contributed by atoms with E-state index in [9.17, 15) is 0 Å². The molecule has 0 aliphatic carbocycles. The van der Waals surface area contributed by atoms with Crippen LogP contribution < -0.4 is 4.74 Å². The molecule has 3 heterocycles. The zero-order valence-electron chi connectivity index (χ0n) is 26.1. The third-order valence-corrected chi connectivity index (χ3v) is 9.63. The van der Waals surface area contributed by atoms with Crippen LogP contribution in [0, 0.1) is 31.5 Å². The van der Waals surface area contributed by atoms with Gasteiger partial charge in [-0.2, -0.15) is 0 Å². The number of aromatic nitrogens is 4. The number of hydrogen-bond donors (Lipinski definition) is 0. The van der Waals surface area contributed by atoms with E-state index < -0.39 is 0 Å². The van der Waals surface area contributed by atoms with Gasteiger partial charge >= 0.3 is 249 Å². The second kappa shape index (κ2) is 11.1. The summed E-state index contributed by atoms with van der Waals surface area (Å²) in [7, 11) is 0. The van der Waals surface area contributed by atoms with E-state index in [-0.39, 0.29) is 0 Å². The van der Waals surface area contributed by atoms with Crippen molar-refractivity contribution in [1.82, 2.24) is 18.7 Å². The Balaban J connectivity index is 1.27. The first-order valence-electron chi connectivity index (χ1n) is 15.4. The summed E-state index contributed by atoms with van der Waals surface area (Å²) in [6, 6.07) is 40.4. The first-order chi connectivity index (χ1) is 22.4. The number of para-hydroxylation sites is 3. The minimum atomic E-state index is 0.775. The van der Waals surface area contributed by atoms with E-state index in [1.165, 1.54) is 38.7 Å². The number of hydrogen-bond acceptors (Lipinski definition) is 2. The summed E-state index contributed by atoms with van der Waals surface area (Å²) in [5, 5.41) is 2.35. The van der Waals surface area contributed by atoms with Gasteiger partial charge in [0.1, 0.15) is 0 Å². The van der Waals surface area contributed by atoms with Crippen LogP contribution in [-0.4, -0.2) is 18.7 Å². The predicted octanol–water partition coefficient (Wildman–Crippen LogP) is 10.0. The molecule has 0 N–H and O–H groups in total. The molecule has 8 aromatic rings. The van der Waals surface area contributed by atoms with E-state index in [0.717, 1.165) is 48.9 Å². The molecule has 0 aliphatic rings. The number of benzene rings is 5. The van der Waals surface area contributed by atoms with Crippen LogP contribution in [0.4, 0.5) is 0 Å². The SMILES string of the molecule is Cc1cc(Oc2ccc3c4ccccc4n(-c4ccccn4)c3c2)cc(-n2[c](=[Pt])n(-c3c(C)cc(C)cc3C)c3ccccc32)c1. The summed E-state index contributed by atoms with van der Waals surface area (Å²) >= 11 is 2.47. The Hall–Kier alpha value is -4.99. The Morgan fingerprint density at radius 2 is 1.20 bits per heavy atom. The van der Waals surface area contributed by atoms with Gasteiger partial charge in [0.05, 0.1) is 0 Å². The molecule has 0 radical (unpaired) electrons. The van der Waals surface area contributed by atoms with Crippen molar-refractivity contribution < 1.29 is 24.1 Å². The third kappa shape index (κ3) is 4.66. The van der Waals surface area contributed by atoms with Crippen LogP contribution in [0.15, 0.2) is 121 Å². The van der Waals surface area contributed by atoms with Crippen molar-refractivity contribution in [3.05, 3.63) is 148 Å². The van der Waals surface area contributed by atoms with E-state index in [4.69, 9.17) is 4.74 Å². The molecule has 3 aromatic heterocycles. The molecule has 6 heteroatoms. The average Bonchev–Trinajstić information content (AvgIpc) is 3.52. The Bertz CT molecular complexity index is 2500. The first-order valence-corrected chi connectivity index (χ1v) is 16.5. The molecule has 0 spiro atoms. The van der Waals surface area contributed by atoms with Crippen LogP contribution in [0.3, 0.4) is 0 Å². The predicted molar refractivity (Wildman–Crippen MR) is 183 cm³/mol. The Morgan fingerprint density at radius 3 is 1.93 bits per heavy atom. The number of rotatable bonds is 5. The van der Waals surface area contributed by atoms with Crippen LogP contribution in [0.5, 0.6) is 11.5 Å². The Morgan fingerprint density at radius 1 is 0.543 bits per heavy atom. The van der Waals surface area contributed by atoms with Crippen LogP contribution in [0.1, 0.15) is 22.3 Å². The summed E-state index contributed by atoms with van der Waals surface area (Å²) in [5.74, 6) is 2.44. The van der Waals surface area contributed by atoms with Gasteiger partial charge in [-0.05, 0) is 6.07 Å². The van der Waals surface area contributed by atoms with Gasteiger partial charge in [0.15, 0.2) is 0 Å². The Labute approximate surface area is 278 Å². The molecule has 0 aliphatic heterocycles. The summed E-state index contributed by atoms with van der Waals surface area (Å²) < 4.78 is 14.7. The second-order valence-corrected chi connectivity index (χ2v) is 13.0. The van der Waals surface area contributed by atoms with Gasteiger partial charge in [-0.1, -0.05) is 18.2 Å². The van der Waals surface area contributed by atoms with Crippen LogP contribution in [0.25, 0.3) is 50.0 Å². The van der Waals surface area contributed by atoms with E-state index in [1.54, 1.807) is 0 Å². The molecule has 0 atom stereocenters. The normalized spacial score (nSPS) is 11.6. The minimum absolute atomic E-state index is 0.775. The number of aryl methyl sites for hydroxylation is 4. The van der Waals surface area contributed by atoms with Gasteiger partial charge in [-0.25, -0.2) is 0 Å². The maximum atomic E-state index is 6.65. The van der Waals surface area contributed by atoms with Gasteiger partial charge in [0, 0.05) is 6.20 Å². The van der Waals surface area contributed by atoms with E-state index in [1.807, 2.05) is 24.4 Å². The first kappa shape index (κ1) is 28.5. The molecule has 0 saturated heterocycles. The van der Waals surface area contributed by atoms with Gasteiger partial charge in [0.25, 0.3) is 0 Å². The number of ether oxygens (including phenoxy) is 1. The fourth-order valence-electron chi connectivity index (χ4n) is 6.89. The molecule has 0 saturated carbocycles. The van der Waals surface area contributed by atoms with Crippen LogP contribution >= 0.6 is 0 Å². The quantitative estimate of drug-likeness (QED) is 0.175. The number of pyridine rings is 1. The van der Waals surface area contributed by atoms with Crippen molar-refractivity contribution in [2.45, 2.75) is 27.7 Å². The van der Waals surface area contributed by atoms with Gasteiger partial charge < -0.3 is 0 Å². The summed E-state index contributed by atoms with van der Waals surface area (Å²) in [5.41, 5.74) is 11.7. The van der Waals surface area contributed by atoms with Crippen molar-refractivity contribution >= 4 is 32.8 Å². The van der Waals surface area contributed by atoms with E-state index in [0.29, 0.717) is 0 Å². The molecule has 228 valence electrons. The third-order valence-electron chi connectivity index (χ3n) is 8.62. The number of fused-ring (bicyclic) bond motifs is 4. The Kier molecular flexibility index (Phi) is 6.88. The molecule has 0 unspecified atom stereocenters.